The molecule has 192 valence electrons. The summed E-state index contributed by atoms with van der Waals surface area (Å²) in [5.41, 5.74) is 8.47. The molecular weight excluding hydrogens is 490 g/mol. The fourth-order valence-corrected chi connectivity index (χ4v) is 7.28. The lowest BCUT2D eigenvalue weighted by atomic mass is 10.1. The van der Waals surface area contributed by atoms with Crippen LogP contribution < -0.4 is 10.5 Å². The second-order valence-corrected chi connectivity index (χ2v) is 11.5. The monoisotopic (exact) mass is 519 g/mol. The van der Waals surface area contributed by atoms with Crippen molar-refractivity contribution in [2.45, 2.75) is 44.4 Å². The summed E-state index contributed by atoms with van der Waals surface area (Å²) < 4.78 is 15.6. The largest absolute Gasteiger partial charge is 0.494 e. The number of ether oxygens (including phenoxy) is 2. The summed E-state index contributed by atoms with van der Waals surface area (Å²) in [6, 6.07) is 7.88. The maximum Gasteiger partial charge on any atom is 0.404 e. The van der Waals surface area contributed by atoms with E-state index < -0.39 is 6.09 Å². The molecule has 0 radical (unpaired) electrons. The van der Waals surface area contributed by atoms with Crippen LogP contribution >= 0.6 is 11.3 Å². The predicted molar refractivity (Wildman–Crippen MR) is 141 cm³/mol. The van der Waals surface area contributed by atoms with Gasteiger partial charge in [0.25, 0.3) is 5.91 Å². The number of imidazole rings is 1. The Labute approximate surface area is 217 Å². The molecule has 0 unspecified atom stereocenters. The van der Waals surface area contributed by atoms with Crippen molar-refractivity contribution in [2.24, 2.45) is 24.6 Å². The molecular formula is C27H29N5O4S. The number of carbonyl (C=O) groups is 2. The van der Waals surface area contributed by atoms with Crippen molar-refractivity contribution in [3.05, 3.63) is 35.2 Å². The normalized spacial score (nSPS) is 22.9. The molecule has 3 atom stereocenters. The number of aromatic nitrogens is 3. The molecule has 4 aromatic rings. The van der Waals surface area contributed by atoms with E-state index in [2.05, 4.69) is 26.6 Å². The van der Waals surface area contributed by atoms with E-state index in [4.69, 9.17) is 20.2 Å². The summed E-state index contributed by atoms with van der Waals surface area (Å²) in [7, 11) is 3.62. The number of likely N-dealkylation sites (tertiary alicyclic amines) is 1. The lowest BCUT2D eigenvalue weighted by molar-refractivity contribution is 0.0598. The van der Waals surface area contributed by atoms with Gasteiger partial charge in [0.15, 0.2) is 5.82 Å². The Morgan fingerprint density at radius 1 is 1.19 bits per heavy atom. The molecule has 1 aliphatic heterocycles. The summed E-state index contributed by atoms with van der Waals surface area (Å²) in [5.74, 6) is 2.22. The van der Waals surface area contributed by atoms with Gasteiger partial charge in [-0.05, 0) is 61.2 Å². The number of rotatable bonds is 6. The van der Waals surface area contributed by atoms with Gasteiger partial charge in [0.1, 0.15) is 22.2 Å². The van der Waals surface area contributed by atoms with Crippen LogP contribution in [0, 0.1) is 11.8 Å². The highest BCUT2D eigenvalue weighted by molar-refractivity contribution is 7.16. The molecule has 2 aliphatic carbocycles. The summed E-state index contributed by atoms with van der Waals surface area (Å²) >= 11 is 1.76. The first-order valence-electron chi connectivity index (χ1n) is 12.8. The van der Waals surface area contributed by atoms with Gasteiger partial charge in [-0.3, -0.25) is 4.79 Å². The Hall–Kier alpha value is -3.53. The minimum absolute atomic E-state index is 0.102. The van der Waals surface area contributed by atoms with Gasteiger partial charge in [0.2, 0.25) is 0 Å². The van der Waals surface area contributed by atoms with Crippen LogP contribution in [0.2, 0.25) is 0 Å². The van der Waals surface area contributed by atoms with Crippen molar-refractivity contribution in [1.82, 2.24) is 19.0 Å². The van der Waals surface area contributed by atoms with E-state index >= 15 is 0 Å². The first-order chi connectivity index (χ1) is 17.9. The topological polar surface area (TPSA) is 105 Å². The van der Waals surface area contributed by atoms with Crippen LogP contribution in [0.3, 0.4) is 0 Å². The second kappa shape index (κ2) is 8.24. The number of thiophene rings is 1. The zero-order valence-corrected chi connectivity index (χ0v) is 21.7. The van der Waals surface area contributed by atoms with E-state index in [-0.39, 0.29) is 24.0 Å². The summed E-state index contributed by atoms with van der Waals surface area (Å²) in [5, 5.41) is 3.37. The molecule has 3 aliphatic rings. The number of methoxy groups -OCH3 is 1. The van der Waals surface area contributed by atoms with Gasteiger partial charge in [-0.25, -0.2) is 9.78 Å². The Morgan fingerprint density at radius 2 is 2.03 bits per heavy atom. The maximum atomic E-state index is 13.7. The molecule has 3 fully saturated rings. The number of nitrogens with two attached hydrogens (primary N) is 1. The van der Waals surface area contributed by atoms with Crippen LogP contribution in [-0.4, -0.2) is 56.8 Å². The highest BCUT2D eigenvalue weighted by Gasteiger charge is 2.51. The van der Waals surface area contributed by atoms with E-state index in [0.717, 1.165) is 47.9 Å². The first-order valence-corrected chi connectivity index (χ1v) is 13.7. The number of carbonyl (C=O) groups excluding carboxylic acids is 2. The van der Waals surface area contributed by atoms with Crippen molar-refractivity contribution in [2.75, 3.05) is 13.7 Å². The van der Waals surface area contributed by atoms with E-state index in [1.54, 1.807) is 24.5 Å². The molecule has 2 N–H and O–H groups in total. The Bertz CT molecular complexity index is 1560. The van der Waals surface area contributed by atoms with Crippen molar-refractivity contribution in [3.8, 4) is 17.3 Å². The minimum Gasteiger partial charge on any atom is -0.494 e. The minimum atomic E-state index is -0.786. The zero-order valence-electron chi connectivity index (χ0n) is 20.8. The molecule has 2 saturated carbocycles. The average Bonchev–Trinajstić information content (AvgIpc) is 3.19. The second-order valence-electron chi connectivity index (χ2n) is 10.6. The van der Waals surface area contributed by atoms with Gasteiger partial charge in [-0.2, -0.15) is 0 Å². The molecule has 3 aromatic heterocycles. The number of hydrogen-bond acceptors (Lipinski definition) is 6. The van der Waals surface area contributed by atoms with Crippen LogP contribution in [0.25, 0.3) is 32.8 Å². The number of fused-ring (bicyclic) bond motifs is 4. The van der Waals surface area contributed by atoms with Gasteiger partial charge in [-0.15, -0.1) is 11.3 Å². The number of hydrogen-bond donors (Lipinski definition) is 1. The van der Waals surface area contributed by atoms with E-state index in [9.17, 15) is 9.59 Å². The van der Waals surface area contributed by atoms with Gasteiger partial charge in [0.05, 0.1) is 24.4 Å². The van der Waals surface area contributed by atoms with Gasteiger partial charge in [0, 0.05) is 37.0 Å². The molecule has 7 rings (SSSR count). The molecule has 10 heteroatoms. The quantitative estimate of drug-likeness (QED) is 0.407. The zero-order chi connectivity index (χ0) is 25.4. The maximum absolute atomic E-state index is 13.7. The highest BCUT2D eigenvalue weighted by Crippen LogP contribution is 2.42. The molecule has 1 saturated heterocycles. The molecule has 1 aromatic carbocycles. The van der Waals surface area contributed by atoms with Gasteiger partial charge < -0.3 is 29.2 Å². The molecule has 9 nitrogen and oxygen atoms in total. The van der Waals surface area contributed by atoms with Crippen molar-refractivity contribution < 1.29 is 19.1 Å². The molecule has 4 heterocycles. The number of benzene rings is 1. The van der Waals surface area contributed by atoms with E-state index in [1.807, 2.05) is 18.0 Å². The molecule has 2 bridgehead atoms. The van der Waals surface area contributed by atoms with Gasteiger partial charge in [-0.1, -0.05) is 0 Å². The molecule has 0 spiro atoms. The summed E-state index contributed by atoms with van der Waals surface area (Å²) in [6.45, 7) is 1.55. The third-order valence-electron chi connectivity index (χ3n) is 8.29. The Morgan fingerprint density at radius 3 is 2.78 bits per heavy atom. The third kappa shape index (κ3) is 3.53. The highest BCUT2D eigenvalue weighted by atomic mass is 32.1. The summed E-state index contributed by atoms with van der Waals surface area (Å²) in [6.07, 6.45) is 3.16. The fourth-order valence-electron chi connectivity index (χ4n) is 6.37. The van der Waals surface area contributed by atoms with Crippen LogP contribution in [-0.2, 0) is 18.3 Å². The number of piperidine rings is 1. The molecule has 2 amide bonds. The van der Waals surface area contributed by atoms with E-state index in [1.165, 1.54) is 23.1 Å². The van der Waals surface area contributed by atoms with Crippen LogP contribution in [0.5, 0.6) is 5.75 Å². The van der Waals surface area contributed by atoms with Crippen molar-refractivity contribution >= 4 is 44.6 Å². The van der Waals surface area contributed by atoms with Crippen molar-refractivity contribution in [3.63, 3.8) is 0 Å². The van der Waals surface area contributed by atoms with Crippen LogP contribution in [0.15, 0.2) is 29.6 Å². The Balaban J connectivity index is 1.28. The third-order valence-corrected chi connectivity index (χ3v) is 9.24. The standard InChI is InChI=1S/C27H29N5O4S/c1-30-22-18(29-24(30)20-10-15-7-8-37-26(15)32(20)12-14-3-4-14)9-17(11-21(22)35-2)25(33)31-13-16-5-6-19(31)23(16)36-27(28)34/h7-11,14,16,19,23H,3-6,12-13H2,1-2H3,(H2,28,34)/t16-,19-,23-/m1/s1. The first kappa shape index (κ1) is 22.7. The van der Waals surface area contributed by atoms with Crippen molar-refractivity contribution in [1.29, 1.82) is 0 Å². The predicted octanol–water partition coefficient (Wildman–Crippen LogP) is 4.37. The lowest BCUT2D eigenvalue weighted by Crippen LogP contribution is -2.40. The van der Waals surface area contributed by atoms with E-state index in [0.29, 0.717) is 17.9 Å². The SMILES string of the molecule is COc1cc(C(=O)N2C[C@H]3CC[C@@H]2[C@@H]3OC(N)=O)cc2nc(-c3cc4ccsc4n3CC3CC3)n(C)c12. The lowest BCUT2D eigenvalue weighted by Gasteiger charge is -2.27. The molecule has 37 heavy (non-hydrogen) atoms. The smallest absolute Gasteiger partial charge is 0.404 e. The fraction of sp³-hybridized carbons (Fsp3) is 0.444. The van der Waals surface area contributed by atoms with Crippen LogP contribution in [0.4, 0.5) is 4.79 Å². The Kier molecular flexibility index (Phi) is 5.04. The average molecular weight is 520 g/mol. The van der Waals surface area contributed by atoms with Gasteiger partial charge >= 0.3 is 6.09 Å². The number of nitrogens with zero attached hydrogens (tertiary/aromatic N) is 4. The number of primary amides is 1. The number of amides is 2. The summed E-state index contributed by atoms with van der Waals surface area (Å²) in [4.78, 5) is 33.2. The number of aryl methyl sites for hydroxylation is 1. The van der Waals surface area contributed by atoms with Crippen LogP contribution in [0.1, 0.15) is 36.0 Å².